The topological polar surface area (TPSA) is 8.17 Å². The zero-order valence-electron chi connectivity index (χ0n) is 29.7. The summed E-state index contributed by atoms with van der Waals surface area (Å²) in [5.41, 5.74) is 14.1. The average Bonchev–Trinajstić information content (AvgIpc) is 3.59. The van der Waals surface area contributed by atoms with E-state index in [0.29, 0.717) is 0 Å². The van der Waals surface area contributed by atoms with Crippen LogP contribution in [0, 0.1) is 0 Å². The molecule has 0 fully saturated rings. The van der Waals surface area contributed by atoms with Gasteiger partial charge in [0, 0.05) is 33.4 Å². The van der Waals surface area contributed by atoms with Gasteiger partial charge in [-0.25, -0.2) is 0 Å². The molecule has 0 aliphatic heterocycles. The first-order valence-corrected chi connectivity index (χ1v) is 18.5. The molecule has 0 amide bonds. The van der Waals surface area contributed by atoms with Crippen molar-refractivity contribution in [1.82, 2.24) is 4.57 Å². The summed E-state index contributed by atoms with van der Waals surface area (Å²) in [5, 5.41) is 5.03. The predicted molar refractivity (Wildman–Crippen MR) is 229 cm³/mol. The number of anilines is 3. The van der Waals surface area contributed by atoms with Crippen molar-refractivity contribution in [3.63, 3.8) is 0 Å². The zero-order chi connectivity index (χ0) is 35.8. The van der Waals surface area contributed by atoms with Gasteiger partial charge in [-0.3, -0.25) is 0 Å². The van der Waals surface area contributed by atoms with Crippen LogP contribution >= 0.6 is 0 Å². The molecule has 54 heavy (non-hydrogen) atoms. The van der Waals surface area contributed by atoms with Crippen LogP contribution in [0.4, 0.5) is 17.1 Å². The van der Waals surface area contributed by atoms with Gasteiger partial charge in [0.05, 0.1) is 16.7 Å². The number of aromatic nitrogens is 1. The molecule has 1 heterocycles. The van der Waals surface area contributed by atoms with Crippen molar-refractivity contribution in [2.45, 2.75) is 0 Å². The van der Waals surface area contributed by atoms with Crippen LogP contribution in [0.2, 0.25) is 0 Å². The van der Waals surface area contributed by atoms with E-state index in [-0.39, 0.29) is 0 Å². The zero-order valence-corrected chi connectivity index (χ0v) is 29.7. The van der Waals surface area contributed by atoms with Crippen LogP contribution in [0.5, 0.6) is 0 Å². The quantitative estimate of drug-likeness (QED) is 0.162. The molecule has 0 radical (unpaired) electrons. The molecule has 0 aliphatic rings. The molecule has 0 atom stereocenters. The molecule has 2 nitrogen and oxygen atoms in total. The second-order valence-electron chi connectivity index (χ2n) is 13.8. The lowest BCUT2D eigenvalue weighted by Gasteiger charge is -2.26. The maximum atomic E-state index is 2.41. The fourth-order valence-corrected chi connectivity index (χ4v) is 7.94. The van der Waals surface area contributed by atoms with Crippen molar-refractivity contribution < 1.29 is 0 Å². The number of para-hydroxylation sites is 3. The van der Waals surface area contributed by atoms with Crippen molar-refractivity contribution >= 4 is 49.6 Å². The molecule has 0 N–H and O–H groups in total. The van der Waals surface area contributed by atoms with Gasteiger partial charge >= 0.3 is 0 Å². The van der Waals surface area contributed by atoms with Crippen LogP contribution in [0.25, 0.3) is 71.6 Å². The summed E-state index contributed by atoms with van der Waals surface area (Å²) in [6.07, 6.45) is 0. The Labute approximate surface area is 315 Å². The largest absolute Gasteiger partial charge is 0.311 e. The first kappa shape index (κ1) is 31.6. The lowest BCUT2D eigenvalue weighted by Crippen LogP contribution is -2.09. The van der Waals surface area contributed by atoms with E-state index in [9.17, 15) is 0 Å². The van der Waals surface area contributed by atoms with E-state index in [1.807, 2.05) is 0 Å². The van der Waals surface area contributed by atoms with E-state index in [4.69, 9.17) is 0 Å². The molecular formula is C52H36N2. The van der Waals surface area contributed by atoms with Gasteiger partial charge in [0.15, 0.2) is 0 Å². The summed E-state index contributed by atoms with van der Waals surface area (Å²) in [6, 6.07) is 78.8. The minimum absolute atomic E-state index is 1.10. The summed E-state index contributed by atoms with van der Waals surface area (Å²) < 4.78 is 2.41. The summed E-state index contributed by atoms with van der Waals surface area (Å²) >= 11 is 0. The SMILES string of the molecule is c1ccc(-c2ccc(N(c3ccc(-c4ccc5ccccc5c4)cc3)c3ccc(-c4ccccc4-n4c5ccccc5c5ccccc54)cc3)cc2)cc1. The smallest absolute Gasteiger partial charge is 0.0541 e. The van der Waals surface area contributed by atoms with Crippen molar-refractivity contribution in [1.29, 1.82) is 0 Å². The Morgan fingerprint density at radius 3 is 1.37 bits per heavy atom. The highest BCUT2D eigenvalue weighted by Crippen LogP contribution is 2.40. The molecule has 0 saturated heterocycles. The molecule has 0 spiro atoms. The van der Waals surface area contributed by atoms with E-state index in [2.05, 4.69) is 228 Å². The molecule has 0 saturated carbocycles. The van der Waals surface area contributed by atoms with Crippen molar-refractivity contribution in [3.8, 4) is 39.1 Å². The van der Waals surface area contributed by atoms with Crippen LogP contribution in [0.15, 0.2) is 218 Å². The molecule has 2 heteroatoms. The molecule has 0 bridgehead atoms. The highest BCUT2D eigenvalue weighted by Gasteiger charge is 2.17. The lowest BCUT2D eigenvalue weighted by molar-refractivity contribution is 1.18. The monoisotopic (exact) mass is 688 g/mol. The molecule has 10 rings (SSSR count). The standard InChI is InChI=1S/C52H36N2/c1-2-12-37(13-3-1)39-24-30-44(31-25-39)53(45-32-26-40(27-33-45)43-23-22-38-14-4-5-15-42(38)36-43)46-34-28-41(29-35-46)47-16-6-9-19-50(47)54-51-20-10-7-17-48(51)49-18-8-11-21-52(49)54/h1-36H. The average molecular weight is 689 g/mol. The Morgan fingerprint density at radius 2 is 0.741 bits per heavy atom. The van der Waals surface area contributed by atoms with E-state index in [1.165, 1.54) is 71.6 Å². The van der Waals surface area contributed by atoms with Gasteiger partial charge < -0.3 is 9.47 Å². The van der Waals surface area contributed by atoms with Crippen molar-refractivity contribution in [2.75, 3.05) is 4.90 Å². The number of rotatable bonds is 7. The molecule has 0 unspecified atom stereocenters. The summed E-state index contributed by atoms with van der Waals surface area (Å²) in [7, 11) is 0. The van der Waals surface area contributed by atoms with E-state index < -0.39 is 0 Å². The van der Waals surface area contributed by atoms with E-state index in [0.717, 1.165) is 17.1 Å². The number of benzene rings is 9. The van der Waals surface area contributed by atoms with Gasteiger partial charge in [-0.05, 0) is 99.3 Å². The second-order valence-corrected chi connectivity index (χ2v) is 13.8. The molecule has 9 aromatic carbocycles. The molecule has 1 aromatic heterocycles. The first-order valence-electron chi connectivity index (χ1n) is 18.5. The Balaban J connectivity index is 1.05. The fraction of sp³-hybridized carbons (Fsp3) is 0. The van der Waals surface area contributed by atoms with Crippen LogP contribution in [0.3, 0.4) is 0 Å². The van der Waals surface area contributed by atoms with Crippen LogP contribution in [0.1, 0.15) is 0 Å². The van der Waals surface area contributed by atoms with Crippen molar-refractivity contribution in [3.05, 3.63) is 218 Å². The first-order chi connectivity index (χ1) is 26.8. The summed E-state index contributed by atoms with van der Waals surface area (Å²) in [4.78, 5) is 2.35. The lowest BCUT2D eigenvalue weighted by atomic mass is 10.0. The third kappa shape index (κ3) is 5.62. The van der Waals surface area contributed by atoms with Gasteiger partial charge in [-0.1, -0.05) is 158 Å². The van der Waals surface area contributed by atoms with Crippen LogP contribution < -0.4 is 4.90 Å². The minimum atomic E-state index is 1.10. The Kier molecular flexibility index (Phi) is 7.85. The number of hydrogen-bond donors (Lipinski definition) is 0. The summed E-state index contributed by atoms with van der Waals surface area (Å²) in [5.74, 6) is 0. The third-order valence-electron chi connectivity index (χ3n) is 10.6. The molecular weight excluding hydrogens is 653 g/mol. The maximum Gasteiger partial charge on any atom is 0.0541 e. The molecule has 10 aromatic rings. The number of nitrogens with zero attached hydrogens (tertiary/aromatic N) is 2. The van der Waals surface area contributed by atoms with E-state index in [1.54, 1.807) is 0 Å². The normalized spacial score (nSPS) is 11.3. The second kappa shape index (κ2) is 13.4. The highest BCUT2D eigenvalue weighted by atomic mass is 15.1. The number of fused-ring (bicyclic) bond motifs is 4. The fourth-order valence-electron chi connectivity index (χ4n) is 7.94. The number of hydrogen-bond acceptors (Lipinski definition) is 1. The maximum absolute atomic E-state index is 2.41. The highest BCUT2D eigenvalue weighted by molar-refractivity contribution is 6.09. The Hall–Kier alpha value is -7.16. The Bertz CT molecular complexity index is 2850. The van der Waals surface area contributed by atoms with Gasteiger partial charge in [-0.15, -0.1) is 0 Å². The summed E-state index contributed by atoms with van der Waals surface area (Å²) in [6.45, 7) is 0. The van der Waals surface area contributed by atoms with Crippen LogP contribution in [-0.4, -0.2) is 4.57 Å². The van der Waals surface area contributed by atoms with Gasteiger partial charge in [-0.2, -0.15) is 0 Å². The third-order valence-corrected chi connectivity index (χ3v) is 10.6. The van der Waals surface area contributed by atoms with Crippen molar-refractivity contribution in [2.24, 2.45) is 0 Å². The minimum Gasteiger partial charge on any atom is -0.311 e. The molecule has 0 aliphatic carbocycles. The Morgan fingerprint density at radius 1 is 0.296 bits per heavy atom. The van der Waals surface area contributed by atoms with Gasteiger partial charge in [0.2, 0.25) is 0 Å². The predicted octanol–water partition coefficient (Wildman–Crippen LogP) is 14.4. The van der Waals surface area contributed by atoms with Crippen LogP contribution in [-0.2, 0) is 0 Å². The van der Waals surface area contributed by atoms with E-state index >= 15 is 0 Å². The van der Waals surface area contributed by atoms with Gasteiger partial charge in [0.1, 0.15) is 0 Å². The molecule has 254 valence electrons. The van der Waals surface area contributed by atoms with Gasteiger partial charge in [0.25, 0.3) is 0 Å².